The number of nitrogens with zero attached hydrogens (tertiary/aromatic N) is 1. The second kappa shape index (κ2) is 9.38. The number of rotatable bonds is 7. The van der Waals surface area contributed by atoms with Crippen LogP contribution in [0.5, 0.6) is 5.75 Å². The molecule has 0 heterocycles. The first-order valence-electron chi connectivity index (χ1n) is 7.22. The Morgan fingerprint density at radius 1 is 1.17 bits per heavy atom. The fourth-order valence-electron chi connectivity index (χ4n) is 1.80. The second-order valence-corrected chi connectivity index (χ2v) is 5.12. The van der Waals surface area contributed by atoms with Gasteiger partial charge in [-0.15, -0.1) is 6.58 Å². The molecule has 23 heavy (non-hydrogen) atoms. The first kappa shape index (κ1) is 16.7. The minimum Gasteiger partial charge on any atom is -0.489 e. The standard InChI is InChI=1S/C18H19N3OS/c1-2-11-19-18(23)21-20-13-16-9-6-10-17(12-16)22-14-15-7-4-3-5-8-15/h2-10,12-13H,1,11,14H2,(H2,19,21,23)/b20-13+. The van der Waals surface area contributed by atoms with Gasteiger partial charge in [0.15, 0.2) is 5.11 Å². The van der Waals surface area contributed by atoms with Crippen molar-refractivity contribution in [3.63, 3.8) is 0 Å². The van der Waals surface area contributed by atoms with Crippen molar-refractivity contribution in [2.45, 2.75) is 6.61 Å². The van der Waals surface area contributed by atoms with E-state index in [2.05, 4.69) is 22.4 Å². The lowest BCUT2D eigenvalue weighted by Crippen LogP contribution is -2.31. The number of hydrogen-bond acceptors (Lipinski definition) is 3. The maximum atomic E-state index is 5.78. The smallest absolute Gasteiger partial charge is 0.187 e. The molecule has 0 unspecified atom stereocenters. The highest BCUT2D eigenvalue weighted by Crippen LogP contribution is 2.14. The van der Waals surface area contributed by atoms with E-state index in [4.69, 9.17) is 17.0 Å². The summed E-state index contributed by atoms with van der Waals surface area (Å²) in [4.78, 5) is 0. The van der Waals surface area contributed by atoms with Gasteiger partial charge in [-0.2, -0.15) is 5.10 Å². The van der Waals surface area contributed by atoms with Crippen molar-refractivity contribution in [3.05, 3.63) is 78.4 Å². The fraction of sp³-hybridized carbons (Fsp3) is 0.111. The quantitative estimate of drug-likeness (QED) is 0.355. The van der Waals surface area contributed by atoms with Crippen LogP contribution in [0, 0.1) is 0 Å². The van der Waals surface area contributed by atoms with E-state index >= 15 is 0 Å². The summed E-state index contributed by atoms with van der Waals surface area (Å²) in [6.45, 7) is 4.75. The van der Waals surface area contributed by atoms with Crippen LogP contribution in [0.4, 0.5) is 0 Å². The van der Waals surface area contributed by atoms with Gasteiger partial charge in [-0.1, -0.05) is 48.5 Å². The Morgan fingerprint density at radius 2 is 2.00 bits per heavy atom. The Labute approximate surface area is 141 Å². The first-order chi connectivity index (χ1) is 11.3. The summed E-state index contributed by atoms with van der Waals surface area (Å²) < 4.78 is 5.78. The van der Waals surface area contributed by atoms with Crippen LogP contribution in [-0.2, 0) is 6.61 Å². The van der Waals surface area contributed by atoms with Crippen LogP contribution in [0.2, 0.25) is 0 Å². The lowest BCUT2D eigenvalue weighted by Gasteiger charge is -2.07. The van der Waals surface area contributed by atoms with Gasteiger partial charge >= 0.3 is 0 Å². The average molecular weight is 325 g/mol. The van der Waals surface area contributed by atoms with Gasteiger partial charge in [0, 0.05) is 6.54 Å². The van der Waals surface area contributed by atoms with Gasteiger partial charge in [-0.3, -0.25) is 5.43 Å². The van der Waals surface area contributed by atoms with E-state index in [1.54, 1.807) is 12.3 Å². The molecule has 2 N–H and O–H groups in total. The predicted octanol–water partition coefficient (Wildman–Crippen LogP) is 3.25. The van der Waals surface area contributed by atoms with E-state index in [1.807, 2.05) is 54.6 Å². The Kier molecular flexibility index (Phi) is 6.81. The van der Waals surface area contributed by atoms with Crippen LogP contribution in [0.3, 0.4) is 0 Å². The van der Waals surface area contributed by atoms with Crippen LogP contribution < -0.4 is 15.5 Å². The maximum absolute atomic E-state index is 5.78. The van der Waals surface area contributed by atoms with Crippen molar-refractivity contribution in [2.75, 3.05) is 6.54 Å². The maximum Gasteiger partial charge on any atom is 0.187 e. The summed E-state index contributed by atoms with van der Waals surface area (Å²) in [5, 5.41) is 7.47. The third-order valence-corrected chi connectivity index (χ3v) is 3.13. The molecule has 2 rings (SSSR count). The van der Waals surface area contributed by atoms with Gasteiger partial charge in [-0.25, -0.2) is 0 Å². The Hall–Kier alpha value is -2.66. The molecule has 4 nitrogen and oxygen atoms in total. The molecule has 0 aliphatic heterocycles. The Bertz CT molecular complexity index is 671. The number of nitrogens with one attached hydrogen (secondary N) is 2. The molecule has 0 amide bonds. The average Bonchev–Trinajstić information content (AvgIpc) is 2.59. The molecule has 0 aliphatic rings. The van der Waals surface area contributed by atoms with Gasteiger partial charge < -0.3 is 10.1 Å². The molecule has 5 heteroatoms. The van der Waals surface area contributed by atoms with E-state index in [0.29, 0.717) is 18.3 Å². The van der Waals surface area contributed by atoms with E-state index < -0.39 is 0 Å². The largest absolute Gasteiger partial charge is 0.489 e. The molecule has 0 bridgehead atoms. The number of hydrogen-bond donors (Lipinski definition) is 2. The monoisotopic (exact) mass is 325 g/mol. The zero-order chi connectivity index (χ0) is 16.3. The van der Waals surface area contributed by atoms with Crippen molar-refractivity contribution in [1.82, 2.24) is 10.7 Å². The molecule has 0 saturated heterocycles. The van der Waals surface area contributed by atoms with Crippen molar-refractivity contribution in [2.24, 2.45) is 5.10 Å². The number of benzene rings is 2. The highest BCUT2D eigenvalue weighted by atomic mass is 32.1. The topological polar surface area (TPSA) is 45.7 Å². The third kappa shape index (κ3) is 6.32. The van der Waals surface area contributed by atoms with Crippen LogP contribution in [0.1, 0.15) is 11.1 Å². The van der Waals surface area contributed by atoms with Gasteiger partial charge in [0.25, 0.3) is 0 Å². The molecule has 2 aromatic rings. The highest BCUT2D eigenvalue weighted by molar-refractivity contribution is 7.80. The second-order valence-electron chi connectivity index (χ2n) is 4.72. The van der Waals surface area contributed by atoms with Crippen LogP contribution in [0.15, 0.2) is 72.4 Å². The lowest BCUT2D eigenvalue weighted by atomic mass is 10.2. The van der Waals surface area contributed by atoms with E-state index in [1.165, 1.54) is 0 Å². The van der Waals surface area contributed by atoms with Crippen molar-refractivity contribution in [1.29, 1.82) is 0 Å². The lowest BCUT2D eigenvalue weighted by molar-refractivity contribution is 0.306. The molecule has 0 saturated carbocycles. The number of hydrazone groups is 1. The summed E-state index contributed by atoms with van der Waals surface area (Å²) in [6.07, 6.45) is 3.42. The molecule has 2 aromatic carbocycles. The minimum absolute atomic E-state index is 0.456. The zero-order valence-corrected chi connectivity index (χ0v) is 13.6. The summed E-state index contributed by atoms with van der Waals surface area (Å²) in [5.41, 5.74) is 4.80. The Morgan fingerprint density at radius 3 is 2.78 bits per heavy atom. The van der Waals surface area contributed by atoms with E-state index in [0.717, 1.165) is 16.9 Å². The highest BCUT2D eigenvalue weighted by Gasteiger charge is 1.97. The predicted molar refractivity (Wildman–Crippen MR) is 98.7 cm³/mol. The third-order valence-electron chi connectivity index (χ3n) is 2.89. The fourth-order valence-corrected chi connectivity index (χ4v) is 1.93. The van der Waals surface area contributed by atoms with Crippen molar-refractivity contribution < 1.29 is 4.74 Å². The van der Waals surface area contributed by atoms with Crippen molar-refractivity contribution in [3.8, 4) is 5.75 Å². The van der Waals surface area contributed by atoms with Gasteiger partial charge in [-0.05, 0) is 35.5 Å². The first-order valence-corrected chi connectivity index (χ1v) is 7.63. The van der Waals surface area contributed by atoms with Gasteiger partial charge in [0.1, 0.15) is 12.4 Å². The van der Waals surface area contributed by atoms with E-state index in [-0.39, 0.29) is 0 Å². The van der Waals surface area contributed by atoms with Crippen LogP contribution in [-0.4, -0.2) is 17.9 Å². The number of ether oxygens (including phenoxy) is 1. The Balaban J connectivity index is 1.86. The summed E-state index contributed by atoms with van der Waals surface area (Å²) in [5.74, 6) is 0.796. The molecule has 0 fully saturated rings. The molecule has 0 atom stereocenters. The van der Waals surface area contributed by atoms with Crippen LogP contribution in [0.25, 0.3) is 0 Å². The van der Waals surface area contributed by atoms with Gasteiger partial charge in [0.05, 0.1) is 6.21 Å². The van der Waals surface area contributed by atoms with Gasteiger partial charge in [0.2, 0.25) is 0 Å². The molecule has 0 aliphatic carbocycles. The van der Waals surface area contributed by atoms with Crippen molar-refractivity contribution >= 4 is 23.5 Å². The SMILES string of the molecule is C=CCNC(=S)N/N=C/c1cccc(OCc2ccccc2)c1. The van der Waals surface area contributed by atoms with E-state index in [9.17, 15) is 0 Å². The summed E-state index contributed by atoms with van der Waals surface area (Å²) >= 11 is 5.05. The summed E-state index contributed by atoms with van der Waals surface area (Å²) in [7, 11) is 0. The molecule has 118 valence electrons. The minimum atomic E-state index is 0.456. The normalized spacial score (nSPS) is 10.3. The summed E-state index contributed by atoms with van der Waals surface area (Å²) in [6, 6.07) is 17.8. The molecule has 0 radical (unpaired) electrons. The molecular weight excluding hydrogens is 306 g/mol. The molecule has 0 aromatic heterocycles. The van der Waals surface area contributed by atoms with Crippen LogP contribution >= 0.6 is 12.2 Å². The number of thiocarbonyl (C=S) groups is 1. The molecular formula is C18H19N3OS. The molecule has 0 spiro atoms. The zero-order valence-electron chi connectivity index (χ0n) is 12.7.